The van der Waals surface area contributed by atoms with Crippen molar-refractivity contribution in [3.05, 3.63) is 59.4 Å². The number of aryl methyl sites for hydroxylation is 1. The highest BCUT2D eigenvalue weighted by atomic mass is 19.1. The summed E-state index contributed by atoms with van der Waals surface area (Å²) in [7, 11) is 0. The van der Waals surface area contributed by atoms with Crippen molar-refractivity contribution < 1.29 is 4.39 Å². The van der Waals surface area contributed by atoms with Gasteiger partial charge in [-0.05, 0) is 29.2 Å². The van der Waals surface area contributed by atoms with Crippen LogP contribution in [0.2, 0.25) is 0 Å². The Hall–Kier alpha value is -1.67. The van der Waals surface area contributed by atoms with E-state index in [1.165, 1.54) is 5.56 Å². The maximum absolute atomic E-state index is 14.2. The Morgan fingerprint density at radius 1 is 1.00 bits per heavy atom. The molecule has 2 rings (SSSR count). The van der Waals surface area contributed by atoms with Crippen LogP contribution in [0.15, 0.2) is 42.5 Å². The molecule has 0 saturated heterocycles. The van der Waals surface area contributed by atoms with Gasteiger partial charge in [0.05, 0.1) is 0 Å². The quantitative estimate of drug-likeness (QED) is 0.841. The van der Waals surface area contributed by atoms with Gasteiger partial charge in [-0.2, -0.15) is 0 Å². The third-order valence-corrected chi connectivity index (χ3v) is 3.42. The van der Waals surface area contributed by atoms with Crippen LogP contribution < -0.4 is 5.32 Å². The summed E-state index contributed by atoms with van der Waals surface area (Å²) in [6.45, 7) is 6.98. The second kappa shape index (κ2) is 6.67. The Morgan fingerprint density at radius 2 is 1.65 bits per heavy atom. The molecule has 106 valence electrons. The molecule has 1 nitrogen and oxygen atoms in total. The van der Waals surface area contributed by atoms with E-state index in [4.69, 9.17) is 0 Å². The van der Waals surface area contributed by atoms with Gasteiger partial charge in [-0.25, -0.2) is 4.39 Å². The van der Waals surface area contributed by atoms with E-state index in [2.05, 4.69) is 38.2 Å². The summed E-state index contributed by atoms with van der Waals surface area (Å²) < 4.78 is 14.2. The van der Waals surface area contributed by atoms with Gasteiger partial charge >= 0.3 is 0 Å². The minimum atomic E-state index is -0.155. The maximum Gasteiger partial charge on any atom is 0.131 e. The lowest BCUT2D eigenvalue weighted by atomic mass is 10.0. The van der Waals surface area contributed by atoms with Crippen molar-refractivity contribution in [1.29, 1.82) is 0 Å². The van der Waals surface area contributed by atoms with Crippen molar-refractivity contribution in [3.8, 4) is 11.1 Å². The monoisotopic (exact) mass is 271 g/mol. The number of hydrogen-bond acceptors (Lipinski definition) is 1. The van der Waals surface area contributed by atoms with Gasteiger partial charge in [0, 0.05) is 18.2 Å². The first-order valence-corrected chi connectivity index (χ1v) is 7.21. The van der Waals surface area contributed by atoms with Crippen LogP contribution in [0.5, 0.6) is 0 Å². The van der Waals surface area contributed by atoms with E-state index >= 15 is 0 Å². The van der Waals surface area contributed by atoms with Gasteiger partial charge in [-0.3, -0.25) is 0 Å². The van der Waals surface area contributed by atoms with E-state index in [1.54, 1.807) is 6.07 Å². The normalized spacial score (nSPS) is 11.1. The van der Waals surface area contributed by atoms with E-state index in [9.17, 15) is 4.39 Å². The van der Waals surface area contributed by atoms with Crippen LogP contribution in [0.25, 0.3) is 11.1 Å². The molecule has 2 aromatic rings. The van der Waals surface area contributed by atoms with Crippen LogP contribution in [0.4, 0.5) is 4.39 Å². The average molecular weight is 271 g/mol. The zero-order valence-electron chi connectivity index (χ0n) is 12.4. The molecule has 0 spiro atoms. The molecule has 1 N–H and O–H groups in total. The van der Waals surface area contributed by atoms with Crippen molar-refractivity contribution in [2.45, 2.75) is 39.8 Å². The van der Waals surface area contributed by atoms with Gasteiger partial charge in [-0.1, -0.05) is 57.2 Å². The molecule has 0 aliphatic carbocycles. The Bertz CT molecular complexity index is 558. The summed E-state index contributed by atoms with van der Waals surface area (Å²) in [6, 6.07) is 14.0. The molecule has 0 amide bonds. The lowest BCUT2D eigenvalue weighted by Gasteiger charge is -2.10. The van der Waals surface area contributed by atoms with Gasteiger partial charge in [0.25, 0.3) is 0 Å². The molecule has 0 heterocycles. The summed E-state index contributed by atoms with van der Waals surface area (Å²) in [6.07, 6.45) is 1.00. The molecule has 0 saturated carbocycles. The fourth-order valence-corrected chi connectivity index (χ4v) is 2.14. The standard InChI is InChI=1S/C18H22FN/c1-4-14-5-8-16(9-6-14)17-10-7-15(11-18(17)19)12-20-13(2)3/h5-11,13,20H,4,12H2,1-3H3. The minimum absolute atomic E-state index is 0.155. The summed E-state index contributed by atoms with van der Waals surface area (Å²) >= 11 is 0. The van der Waals surface area contributed by atoms with Crippen molar-refractivity contribution >= 4 is 0 Å². The maximum atomic E-state index is 14.2. The molecule has 2 aromatic carbocycles. The number of rotatable bonds is 5. The third-order valence-electron chi connectivity index (χ3n) is 3.42. The highest BCUT2D eigenvalue weighted by Crippen LogP contribution is 2.24. The first-order valence-electron chi connectivity index (χ1n) is 7.21. The Kier molecular flexibility index (Phi) is 4.91. The van der Waals surface area contributed by atoms with Crippen molar-refractivity contribution in [2.75, 3.05) is 0 Å². The molecule has 2 heteroatoms. The van der Waals surface area contributed by atoms with E-state index in [0.29, 0.717) is 18.2 Å². The lowest BCUT2D eigenvalue weighted by Crippen LogP contribution is -2.21. The molecule has 0 unspecified atom stereocenters. The van der Waals surface area contributed by atoms with E-state index in [0.717, 1.165) is 17.5 Å². The second-order valence-corrected chi connectivity index (χ2v) is 5.40. The summed E-state index contributed by atoms with van der Waals surface area (Å²) in [5.74, 6) is -0.155. The van der Waals surface area contributed by atoms with Crippen LogP contribution in [0.1, 0.15) is 31.9 Å². The van der Waals surface area contributed by atoms with Crippen molar-refractivity contribution in [1.82, 2.24) is 5.32 Å². The molecular formula is C18H22FN. The van der Waals surface area contributed by atoms with Crippen LogP contribution in [0.3, 0.4) is 0 Å². The minimum Gasteiger partial charge on any atom is -0.310 e. The Balaban J connectivity index is 2.20. The molecule has 0 bridgehead atoms. The molecule has 0 atom stereocenters. The van der Waals surface area contributed by atoms with Crippen LogP contribution in [0, 0.1) is 5.82 Å². The number of benzene rings is 2. The molecular weight excluding hydrogens is 249 g/mol. The largest absolute Gasteiger partial charge is 0.310 e. The first-order chi connectivity index (χ1) is 9.60. The predicted molar refractivity (Wildman–Crippen MR) is 83.2 cm³/mol. The molecule has 0 aliphatic rings. The smallest absolute Gasteiger partial charge is 0.131 e. The fraction of sp³-hybridized carbons (Fsp3) is 0.333. The summed E-state index contributed by atoms with van der Waals surface area (Å²) in [5.41, 5.74) is 3.85. The van der Waals surface area contributed by atoms with Crippen LogP contribution >= 0.6 is 0 Å². The van der Waals surface area contributed by atoms with E-state index < -0.39 is 0 Å². The van der Waals surface area contributed by atoms with Gasteiger partial charge in [0.1, 0.15) is 5.82 Å². The van der Waals surface area contributed by atoms with Gasteiger partial charge in [-0.15, -0.1) is 0 Å². The molecule has 20 heavy (non-hydrogen) atoms. The highest BCUT2D eigenvalue weighted by molar-refractivity contribution is 5.64. The highest BCUT2D eigenvalue weighted by Gasteiger charge is 2.06. The zero-order chi connectivity index (χ0) is 14.5. The van der Waals surface area contributed by atoms with E-state index in [1.807, 2.05) is 24.3 Å². The third kappa shape index (κ3) is 3.67. The second-order valence-electron chi connectivity index (χ2n) is 5.40. The predicted octanol–water partition coefficient (Wildman–Crippen LogP) is 4.55. The van der Waals surface area contributed by atoms with Gasteiger partial charge in [0.15, 0.2) is 0 Å². The topological polar surface area (TPSA) is 12.0 Å². The zero-order valence-corrected chi connectivity index (χ0v) is 12.4. The Morgan fingerprint density at radius 3 is 2.20 bits per heavy atom. The molecule has 0 radical (unpaired) electrons. The SMILES string of the molecule is CCc1ccc(-c2ccc(CNC(C)C)cc2F)cc1. The number of halogens is 1. The summed E-state index contributed by atoms with van der Waals surface area (Å²) in [5, 5.41) is 3.30. The molecule has 0 aromatic heterocycles. The molecule has 0 fully saturated rings. The average Bonchev–Trinajstić information content (AvgIpc) is 2.45. The number of hydrogen-bond donors (Lipinski definition) is 1. The number of nitrogens with one attached hydrogen (secondary N) is 1. The van der Waals surface area contributed by atoms with Crippen molar-refractivity contribution in [2.24, 2.45) is 0 Å². The van der Waals surface area contributed by atoms with Crippen LogP contribution in [-0.4, -0.2) is 6.04 Å². The molecule has 0 aliphatic heterocycles. The van der Waals surface area contributed by atoms with E-state index in [-0.39, 0.29) is 5.82 Å². The van der Waals surface area contributed by atoms with Gasteiger partial charge < -0.3 is 5.32 Å². The van der Waals surface area contributed by atoms with Crippen LogP contribution in [-0.2, 0) is 13.0 Å². The van der Waals surface area contributed by atoms with Crippen molar-refractivity contribution in [3.63, 3.8) is 0 Å². The first kappa shape index (κ1) is 14.7. The lowest BCUT2D eigenvalue weighted by molar-refractivity contribution is 0.582. The fourth-order valence-electron chi connectivity index (χ4n) is 2.14. The Labute approximate surface area is 120 Å². The summed E-state index contributed by atoms with van der Waals surface area (Å²) in [4.78, 5) is 0. The van der Waals surface area contributed by atoms with Gasteiger partial charge in [0.2, 0.25) is 0 Å².